The molecule has 7 aliphatic rings. The standard InChI is InChI=1S/C46H57N2SSi/c1-32(31-49-2)33-15-21-38(22-16-33)47(36-11-7-5-8-12-36)43-29-19-34-18-28-42-44(30-20-35-17-27-41(43)45(34)46(35)42)48(37-13-9-6-10-14-37)39-23-25-40(26-24-39)50(3)4/h5-11,13,15,17-22,27-30,32-33,35-37,39-40,42,44,46H,12,14,16,23-26,31H2,1-4H3/q-1/p+1/t32-,33?,35?,36?,37?,39?,40?,42?,44?,46?/m1/s1. The van der Waals surface area contributed by atoms with Crippen molar-refractivity contribution in [1.29, 1.82) is 0 Å². The van der Waals surface area contributed by atoms with Crippen molar-refractivity contribution in [2.75, 3.05) is 16.9 Å². The zero-order valence-electron chi connectivity index (χ0n) is 30.7. The molecule has 0 bridgehead atoms. The SMILES string of the molecule is C[SH+]C[C@@H](C)C1C=CC(N(c2ccc3c4c2C=CC2C=CC(N(C5C=CC=CC5)C5CCC([Si-](C)C)CC5)C(C=C3)C42)C2C=CC=CC2)=CC1. The van der Waals surface area contributed by atoms with Crippen molar-refractivity contribution < 1.29 is 0 Å². The molecule has 1 aromatic rings. The van der Waals surface area contributed by atoms with Gasteiger partial charge >= 0.3 is 0 Å². The van der Waals surface area contributed by atoms with E-state index in [1.165, 1.54) is 65.7 Å². The number of benzene rings is 1. The molecule has 0 N–H and O–H groups in total. The monoisotopic (exact) mass is 698 g/mol. The normalized spacial score (nSPS) is 34.0. The van der Waals surface area contributed by atoms with E-state index < -0.39 is 0 Å². The topological polar surface area (TPSA) is 6.48 Å². The highest BCUT2D eigenvalue weighted by atomic mass is 32.2. The minimum absolute atomic E-state index is 0.222. The van der Waals surface area contributed by atoms with Crippen LogP contribution in [0.3, 0.4) is 0 Å². The summed E-state index contributed by atoms with van der Waals surface area (Å²) in [5, 5.41) is 0. The molecule has 0 spiro atoms. The average Bonchev–Trinajstić information content (AvgIpc) is 3.16. The third-order valence-electron chi connectivity index (χ3n) is 13.1. The van der Waals surface area contributed by atoms with Crippen molar-refractivity contribution in [3.8, 4) is 0 Å². The summed E-state index contributed by atoms with van der Waals surface area (Å²) in [7, 11) is -0.222. The van der Waals surface area contributed by atoms with Gasteiger partial charge in [-0.1, -0.05) is 123 Å². The predicted octanol–water partition coefficient (Wildman–Crippen LogP) is 10.5. The van der Waals surface area contributed by atoms with E-state index in [4.69, 9.17) is 0 Å². The Kier molecular flexibility index (Phi) is 10.3. The molecule has 7 aliphatic carbocycles. The van der Waals surface area contributed by atoms with Crippen LogP contribution in [0.25, 0.3) is 12.2 Å². The molecule has 8 rings (SSSR count). The first-order valence-electron chi connectivity index (χ1n) is 19.7. The molecule has 4 heteroatoms. The Morgan fingerprint density at radius 2 is 1.58 bits per heavy atom. The van der Waals surface area contributed by atoms with Crippen molar-refractivity contribution in [3.05, 3.63) is 126 Å². The molecule has 8 atom stereocenters. The molecule has 1 saturated carbocycles. The van der Waals surface area contributed by atoms with Gasteiger partial charge in [0.2, 0.25) is 0 Å². The lowest BCUT2D eigenvalue weighted by molar-refractivity contribution is 0.0645. The highest BCUT2D eigenvalue weighted by Crippen LogP contribution is 2.53. The number of allylic oxidation sites excluding steroid dienone is 9. The smallest absolute Gasteiger partial charge is 0.108 e. The van der Waals surface area contributed by atoms with E-state index in [0.29, 0.717) is 53.8 Å². The van der Waals surface area contributed by atoms with Crippen molar-refractivity contribution >= 4 is 38.4 Å². The minimum atomic E-state index is -0.222. The molecule has 2 nitrogen and oxygen atoms in total. The van der Waals surface area contributed by atoms with Gasteiger partial charge in [0, 0.05) is 58.7 Å². The van der Waals surface area contributed by atoms with Crippen molar-refractivity contribution in [2.24, 2.45) is 23.7 Å². The molecule has 262 valence electrons. The molecule has 0 radical (unpaired) electrons. The van der Waals surface area contributed by atoms with Crippen LogP contribution in [0.15, 0.2) is 109 Å². The van der Waals surface area contributed by atoms with Crippen LogP contribution in [-0.2, 0) is 11.8 Å². The summed E-state index contributed by atoms with van der Waals surface area (Å²) in [6.45, 7) is 7.50. The van der Waals surface area contributed by atoms with Crippen molar-refractivity contribution in [1.82, 2.24) is 4.90 Å². The summed E-state index contributed by atoms with van der Waals surface area (Å²) < 4.78 is 0. The van der Waals surface area contributed by atoms with E-state index >= 15 is 0 Å². The summed E-state index contributed by atoms with van der Waals surface area (Å²) in [4.78, 5) is 5.68. The Bertz CT molecular complexity index is 1680. The highest BCUT2D eigenvalue weighted by Gasteiger charge is 2.45. The molecular formula is C46H58N2SSi. The van der Waals surface area contributed by atoms with Crippen LogP contribution in [-0.4, -0.2) is 49.9 Å². The first-order chi connectivity index (χ1) is 24.5. The third kappa shape index (κ3) is 6.54. The molecule has 0 saturated heterocycles. The quantitative estimate of drug-likeness (QED) is 0.104. The van der Waals surface area contributed by atoms with Crippen LogP contribution in [0.5, 0.6) is 0 Å². The molecule has 0 aromatic heterocycles. The fraction of sp³-hybridized carbons (Fsp3) is 0.478. The first kappa shape index (κ1) is 34.3. The van der Waals surface area contributed by atoms with Gasteiger partial charge in [-0.2, -0.15) is 18.6 Å². The van der Waals surface area contributed by atoms with Gasteiger partial charge in [0.15, 0.2) is 0 Å². The Morgan fingerprint density at radius 1 is 0.800 bits per heavy atom. The van der Waals surface area contributed by atoms with Crippen LogP contribution in [0.4, 0.5) is 5.69 Å². The van der Waals surface area contributed by atoms with E-state index in [1.807, 2.05) is 0 Å². The Labute approximate surface area is 308 Å². The maximum Gasteiger partial charge on any atom is 0.108 e. The van der Waals surface area contributed by atoms with Gasteiger partial charge in [0.1, 0.15) is 5.75 Å². The lowest BCUT2D eigenvalue weighted by Gasteiger charge is -2.52. The number of hydrogen-bond acceptors (Lipinski definition) is 2. The number of anilines is 1. The third-order valence-corrected chi connectivity index (χ3v) is 16.3. The van der Waals surface area contributed by atoms with Gasteiger partial charge in [-0.3, -0.25) is 13.7 Å². The summed E-state index contributed by atoms with van der Waals surface area (Å²) in [5.74, 6) is 4.03. The molecule has 0 aliphatic heterocycles. The van der Waals surface area contributed by atoms with Gasteiger partial charge < -0.3 is 4.90 Å². The molecular weight excluding hydrogens is 641 g/mol. The van der Waals surface area contributed by atoms with E-state index in [9.17, 15) is 0 Å². The lowest BCUT2D eigenvalue weighted by Crippen LogP contribution is -2.54. The van der Waals surface area contributed by atoms with Crippen LogP contribution >= 0.6 is 0 Å². The van der Waals surface area contributed by atoms with Crippen molar-refractivity contribution in [3.63, 3.8) is 0 Å². The summed E-state index contributed by atoms with van der Waals surface area (Å²) in [6, 6.07) is 6.77. The first-order valence-corrected chi connectivity index (χ1v) is 23.8. The van der Waals surface area contributed by atoms with Crippen molar-refractivity contribution in [2.45, 2.75) is 101 Å². The fourth-order valence-corrected chi connectivity index (χ4v) is 12.8. The second kappa shape index (κ2) is 15.1. The molecule has 50 heavy (non-hydrogen) atoms. The average molecular weight is 699 g/mol. The zero-order valence-corrected chi connectivity index (χ0v) is 32.6. The maximum absolute atomic E-state index is 3.00. The largest absolute Gasteiger partial charge is 0.334 e. The van der Waals surface area contributed by atoms with Crippen LogP contribution < -0.4 is 4.90 Å². The molecule has 1 aromatic carbocycles. The van der Waals surface area contributed by atoms with Gasteiger partial charge in [-0.15, -0.1) is 0 Å². The second-order valence-corrected chi connectivity index (χ2v) is 20.2. The number of hydrogen-bond donors (Lipinski definition) is 0. The number of nitrogens with zero attached hydrogens (tertiary/aromatic N) is 2. The minimum Gasteiger partial charge on any atom is -0.334 e. The lowest BCUT2D eigenvalue weighted by atomic mass is 9.62. The Balaban J connectivity index is 1.15. The van der Waals surface area contributed by atoms with Crippen LogP contribution in [0.2, 0.25) is 18.6 Å². The van der Waals surface area contributed by atoms with Crippen LogP contribution in [0, 0.1) is 23.7 Å². The molecule has 7 unspecified atom stereocenters. The van der Waals surface area contributed by atoms with E-state index in [0.717, 1.165) is 24.8 Å². The van der Waals surface area contributed by atoms with Gasteiger partial charge in [0.05, 0.1) is 12.3 Å². The van der Waals surface area contributed by atoms with Gasteiger partial charge in [-0.25, -0.2) is 0 Å². The van der Waals surface area contributed by atoms with Crippen LogP contribution in [0.1, 0.15) is 74.5 Å². The summed E-state index contributed by atoms with van der Waals surface area (Å²) in [6.07, 6.45) is 52.7. The van der Waals surface area contributed by atoms with E-state index in [-0.39, 0.29) is 8.80 Å². The summed E-state index contributed by atoms with van der Waals surface area (Å²) in [5.41, 5.74) is 8.21. The van der Waals surface area contributed by atoms with E-state index in [1.54, 1.807) is 5.56 Å². The molecule has 0 heterocycles. The molecule has 1 fully saturated rings. The zero-order chi connectivity index (χ0) is 34.2. The van der Waals surface area contributed by atoms with E-state index in [2.05, 4.69) is 151 Å². The maximum atomic E-state index is 3.00. The van der Waals surface area contributed by atoms with Gasteiger partial charge in [-0.05, 0) is 73.1 Å². The number of rotatable bonds is 10. The Morgan fingerprint density at radius 3 is 2.26 bits per heavy atom. The number of thiol groups is 1. The molecule has 0 amide bonds. The predicted molar refractivity (Wildman–Crippen MR) is 222 cm³/mol. The highest BCUT2D eigenvalue weighted by molar-refractivity contribution is 7.77. The summed E-state index contributed by atoms with van der Waals surface area (Å²) >= 11 is 1.50. The fourth-order valence-electron chi connectivity index (χ4n) is 10.4. The van der Waals surface area contributed by atoms with Gasteiger partial charge in [0.25, 0.3) is 0 Å². The Hall–Kier alpha value is -2.79. The second-order valence-electron chi connectivity index (χ2n) is 16.3.